The molecule has 3 aromatic carbocycles. The number of amides is 1. The molecule has 3 rings (SSSR count). The Bertz CT molecular complexity index is 934. The van der Waals surface area contributed by atoms with Crippen molar-refractivity contribution in [2.45, 2.75) is 12.8 Å². The van der Waals surface area contributed by atoms with Gasteiger partial charge in [-0.1, -0.05) is 77.8 Å². The summed E-state index contributed by atoms with van der Waals surface area (Å²) in [6.45, 7) is 0. The van der Waals surface area contributed by atoms with Gasteiger partial charge in [0, 0.05) is 34.1 Å². The normalized spacial score (nSPS) is 10.4. The lowest BCUT2D eigenvalue weighted by molar-refractivity contribution is -0.116. The minimum atomic E-state index is -0.261. The predicted molar refractivity (Wildman–Crippen MR) is 111 cm³/mol. The third kappa shape index (κ3) is 5.43. The van der Waals surface area contributed by atoms with E-state index >= 15 is 0 Å². The molecule has 0 heterocycles. The molecule has 1 N–H and O–H groups in total. The van der Waals surface area contributed by atoms with Crippen LogP contribution in [0.15, 0.2) is 72.8 Å². The Balaban J connectivity index is 1.56. The summed E-state index contributed by atoms with van der Waals surface area (Å²) in [5.74, 6) is -0.337. The minimum absolute atomic E-state index is 0.0751. The molecule has 0 bridgehead atoms. The molecule has 0 fully saturated rings. The number of hydrogen-bond donors (Lipinski definition) is 1. The fraction of sp³-hybridized carbons (Fsp3) is 0.0909. The third-order valence-electron chi connectivity index (χ3n) is 4.04. The molecule has 0 radical (unpaired) electrons. The number of nitrogens with one attached hydrogen (secondary N) is 1. The summed E-state index contributed by atoms with van der Waals surface area (Å²) >= 11 is 11.8. The molecule has 3 nitrogen and oxygen atoms in total. The summed E-state index contributed by atoms with van der Waals surface area (Å²) < 4.78 is 0. The van der Waals surface area contributed by atoms with Crippen molar-refractivity contribution in [1.82, 2.24) is 0 Å². The van der Waals surface area contributed by atoms with Crippen molar-refractivity contribution in [3.05, 3.63) is 88.4 Å². The number of halogens is 2. The summed E-state index contributed by atoms with van der Waals surface area (Å²) in [4.78, 5) is 24.4. The fourth-order valence-electron chi connectivity index (χ4n) is 2.70. The first-order chi connectivity index (χ1) is 13.0. The summed E-state index contributed by atoms with van der Waals surface area (Å²) in [5.41, 5.74) is 3.24. The molecule has 5 heteroatoms. The molecule has 3 aromatic rings. The van der Waals surface area contributed by atoms with Gasteiger partial charge in [-0.2, -0.15) is 0 Å². The Hall–Kier alpha value is -2.62. The highest BCUT2D eigenvalue weighted by Crippen LogP contribution is 2.23. The number of hydrogen-bond acceptors (Lipinski definition) is 2. The van der Waals surface area contributed by atoms with Gasteiger partial charge in [-0.15, -0.1) is 0 Å². The summed E-state index contributed by atoms with van der Waals surface area (Å²) in [6.07, 6.45) is 0.216. The second kappa shape index (κ2) is 8.85. The second-order valence-corrected chi connectivity index (χ2v) is 6.95. The summed E-state index contributed by atoms with van der Waals surface area (Å²) in [6, 6.07) is 22.1. The van der Waals surface area contributed by atoms with Gasteiger partial charge < -0.3 is 5.32 Å². The largest absolute Gasteiger partial charge is 0.326 e. The van der Waals surface area contributed by atoms with Crippen LogP contribution in [0.1, 0.15) is 23.2 Å². The maximum absolute atomic E-state index is 12.3. The predicted octanol–water partition coefficient (Wildman–Crippen LogP) is 6.26. The summed E-state index contributed by atoms with van der Waals surface area (Å²) in [5, 5.41) is 3.58. The number of carbonyl (C=O) groups is 2. The molecular weight excluding hydrogens is 381 g/mol. The van der Waals surface area contributed by atoms with Crippen LogP contribution in [-0.2, 0) is 4.79 Å². The molecule has 0 aliphatic carbocycles. The van der Waals surface area contributed by atoms with E-state index in [4.69, 9.17) is 23.2 Å². The first kappa shape index (κ1) is 19.2. The van der Waals surface area contributed by atoms with E-state index in [1.807, 2.05) is 42.5 Å². The number of anilines is 1. The second-order valence-electron chi connectivity index (χ2n) is 6.07. The van der Waals surface area contributed by atoms with Gasteiger partial charge in [-0.05, 0) is 29.3 Å². The molecule has 0 atom stereocenters. The number of benzene rings is 3. The van der Waals surface area contributed by atoms with Gasteiger partial charge in [0.05, 0.1) is 0 Å². The molecule has 136 valence electrons. The van der Waals surface area contributed by atoms with Crippen LogP contribution in [0.5, 0.6) is 0 Å². The molecule has 1 amide bonds. The zero-order valence-electron chi connectivity index (χ0n) is 14.4. The van der Waals surface area contributed by atoms with Crippen LogP contribution in [0.2, 0.25) is 10.0 Å². The van der Waals surface area contributed by atoms with E-state index in [0.29, 0.717) is 21.3 Å². The lowest BCUT2D eigenvalue weighted by Crippen LogP contribution is -2.13. The van der Waals surface area contributed by atoms with E-state index < -0.39 is 0 Å². The topological polar surface area (TPSA) is 46.2 Å². The Morgan fingerprint density at radius 3 is 1.96 bits per heavy atom. The molecule has 27 heavy (non-hydrogen) atoms. The van der Waals surface area contributed by atoms with Gasteiger partial charge in [-0.3, -0.25) is 9.59 Å². The average molecular weight is 398 g/mol. The first-order valence-electron chi connectivity index (χ1n) is 8.46. The molecule has 0 aliphatic rings. The molecule has 0 spiro atoms. The number of rotatable bonds is 6. The maximum Gasteiger partial charge on any atom is 0.224 e. The Kier molecular flexibility index (Phi) is 6.28. The highest BCUT2D eigenvalue weighted by molar-refractivity contribution is 6.35. The first-order valence-corrected chi connectivity index (χ1v) is 9.21. The SMILES string of the molecule is O=C(CCC(=O)c1ccc(-c2ccccc2)cc1)Nc1cc(Cl)cc(Cl)c1. The van der Waals surface area contributed by atoms with Crippen molar-refractivity contribution in [2.75, 3.05) is 5.32 Å². The van der Waals surface area contributed by atoms with Crippen molar-refractivity contribution < 1.29 is 9.59 Å². The molecule has 0 aromatic heterocycles. The molecular formula is C22H17Cl2NO2. The monoisotopic (exact) mass is 397 g/mol. The quantitative estimate of drug-likeness (QED) is 0.498. The van der Waals surface area contributed by atoms with Crippen LogP contribution >= 0.6 is 23.2 Å². The van der Waals surface area contributed by atoms with Crippen LogP contribution in [-0.4, -0.2) is 11.7 Å². The maximum atomic E-state index is 12.3. The third-order valence-corrected chi connectivity index (χ3v) is 4.48. The summed E-state index contributed by atoms with van der Waals surface area (Å²) in [7, 11) is 0. The average Bonchev–Trinajstić information content (AvgIpc) is 2.66. The smallest absolute Gasteiger partial charge is 0.224 e. The number of Topliss-reactive ketones (excluding diaryl/α,β-unsaturated/α-hetero) is 1. The van der Waals surface area contributed by atoms with Crippen molar-refractivity contribution in [3.8, 4) is 11.1 Å². The van der Waals surface area contributed by atoms with E-state index in [1.165, 1.54) is 0 Å². The Labute approximate surface area is 167 Å². The standard InChI is InChI=1S/C22H17Cl2NO2/c23-18-12-19(24)14-20(13-18)25-22(27)11-10-21(26)17-8-6-16(7-9-17)15-4-2-1-3-5-15/h1-9,12-14H,10-11H2,(H,25,27). The van der Waals surface area contributed by atoms with E-state index in [0.717, 1.165) is 11.1 Å². The van der Waals surface area contributed by atoms with Crippen molar-refractivity contribution in [2.24, 2.45) is 0 Å². The molecule has 0 aliphatic heterocycles. The lowest BCUT2D eigenvalue weighted by Gasteiger charge is -2.07. The van der Waals surface area contributed by atoms with Crippen LogP contribution in [0.3, 0.4) is 0 Å². The van der Waals surface area contributed by atoms with E-state index in [-0.39, 0.29) is 24.5 Å². The van der Waals surface area contributed by atoms with Crippen molar-refractivity contribution >= 4 is 40.6 Å². The lowest BCUT2D eigenvalue weighted by atomic mass is 10.0. The van der Waals surface area contributed by atoms with Crippen LogP contribution in [0.25, 0.3) is 11.1 Å². The highest BCUT2D eigenvalue weighted by atomic mass is 35.5. The molecule has 0 saturated carbocycles. The minimum Gasteiger partial charge on any atom is -0.326 e. The van der Waals surface area contributed by atoms with E-state index in [2.05, 4.69) is 5.32 Å². The zero-order valence-corrected chi connectivity index (χ0v) is 15.9. The Morgan fingerprint density at radius 2 is 1.33 bits per heavy atom. The van der Waals surface area contributed by atoms with Gasteiger partial charge in [0.1, 0.15) is 0 Å². The molecule has 0 unspecified atom stereocenters. The van der Waals surface area contributed by atoms with Crippen LogP contribution in [0, 0.1) is 0 Å². The van der Waals surface area contributed by atoms with Crippen LogP contribution in [0.4, 0.5) is 5.69 Å². The van der Waals surface area contributed by atoms with Crippen LogP contribution < -0.4 is 5.32 Å². The van der Waals surface area contributed by atoms with E-state index in [1.54, 1.807) is 30.3 Å². The van der Waals surface area contributed by atoms with Gasteiger partial charge in [0.2, 0.25) is 5.91 Å². The van der Waals surface area contributed by atoms with Gasteiger partial charge in [-0.25, -0.2) is 0 Å². The molecule has 0 saturated heterocycles. The van der Waals surface area contributed by atoms with Gasteiger partial charge in [0.15, 0.2) is 5.78 Å². The zero-order chi connectivity index (χ0) is 19.2. The fourth-order valence-corrected chi connectivity index (χ4v) is 3.23. The van der Waals surface area contributed by atoms with E-state index in [9.17, 15) is 9.59 Å². The number of ketones is 1. The van der Waals surface area contributed by atoms with Crippen molar-refractivity contribution in [1.29, 1.82) is 0 Å². The number of carbonyl (C=O) groups excluding carboxylic acids is 2. The van der Waals surface area contributed by atoms with Gasteiger partial charge >= 0.3 is 0 Å². The Morgan fingerprint density at radius 1 is 0.741 bits per heavy atom. The van der Waals surface area contributed by atoms with Crippen molar-refractivity contribution in [3.63, 3.8) is 0 Å². The van der Waals surface area contributed by atoms with Gasteiger partial charge in [0.25, 0.3) is 0 Å². The highest BCUT2D eigenvalue weighted by Gasteiger charge is 2.10.